The summed E-state index contributed by atoms with van der Waals surface area (Å²) in [5.74, 6) is 0. The molecule has 0 bridgehead atoms. The van der Waals surface area contributed by atoms with Crippen molar-refractivity contribution in [2.75, 3.05) is 5.73 Å². The van der Waals surface area contributed by atoms with E-state index in [1.165, 1.54) is 10.9 Å². The summed E-state index contributed by atoms with van der Waals surface area (Å²) in [5, 5.41) is 1.19. The van der Waals surface area contributed by atoms with Crippen LogP contribution in [0, 0.1) is 0 Å². The molecule has 0 radical (unpaired) electrons. The van der Waals surface area contributed by atoms with E-state index in [-0.39, 0.29) is 0 Å². The molecule has 14 heavy (non-hydrogen) atoms. The summed E-state index contributed by atoms with van der Waals surface area (Å²) in [5.41, 5.74) is 8.88. The first kappa shape index (κ1) is 8.88. The molecule has 1 heterocycles. The molecule has 0 saturated heterocycles. The molecule has 0 spiro atoms. The van der Waals surface area contributed by atoms with E-state index in [0.717, 1.165) is 17.8 Å². The van der Waals surface area contributed by atoms with E-state index in [1.807, 2.05) is 25.1 Å². The number of benzene rings is 1. The lowest BCUT2D eigenvalue weighted by Gasteiger charge is -2.04. The highest BCUT2D eigenvalue weighted by molar-refractivity contribution is 5.83. The number of nitrogens with two attached hydrogens (primary N) is 1. The van der Waals surface area contributed by atoms with Crippen molar-refractivity contribution in [2.45, 2.75) is 13.5 Å². The van der Waals surface area contributed by atoms with Gasteiger partial charge in [-0.1, -0.05) is 12.2 Å². The van der Waals surface area contributed by atoms with Crippen LogP contribution in [-0.4, -0.2) is 4.57 Å². The fraction of sp³-hybridized carbons (Fsp3) is 0.167. The van der Waals surface area contributed by atoms with E-state index in [2.05, 4.69) is 23.4 Å². The predicted molar refractivity (Wildman–Crippen MR) is 61.2 cm³/mol. The second-order valence-electron chi connectivity index (χ2n) is 3.72. The van der Waals surface area contributed by atoms with Gasteiger partial charge in [-0.15, -0.1) is 0 Å². The van der Waals surface area contributed by atoms with Crippen LogP contribution in [0.2, 0.25) is 0 Å². The summed E-state index contributed by atoms with van der Waals surface area (Å²) in [6.45, 7) is 6.81. The van der Waals surface area contributed by atoms with Crippen molar-refractivity contribution in [3.63, 3.8) is 0 Å². The number of aromatic nitrogens is 1. The van der Waals surface area contributed by atoms with Gasteiger partial charge >= 0.3 is 0 Å². The Hall–Kier alpha value is -1.70. The van der Waals surface area contributed by atoms with Gasteiger partial charge in [0.05, 0.1) is 0 Å². The molecule has 2 aromatic rings. The maximum atomic E-state index is 5.71. The minimum atomic E-state index is 0.811. The Balaban J connectivity index is 2.52. The Morgan fingerprint density at radius 3 is 2.93 bits per heavy atom. The van der Waals surface area contributed by atoms with E-state index in [0.29, 0.717) is 0 Å². The van der Waals surface area contributed by atoms with Crippen molar-refractivity contribution in [3.8, 4) is 0 Å². The van der Waals surface area contributed by atoms with Gasteiger partial charge in [0.25, 0.3) is 0 Å². The molecular weight excluding hydrogens is 172 g/mol. The van der Waals surface area contributed by atoms with Crippen molar-refractivity contribution in [3.05, 3.63) is 42.6 Å². The third kappa shape index (κ3) is 1.51. The monoisotopic (exact) mass is 186 g/mol. The highest BCUT2D eigenvalue weighted by Crippen LogP contribution is 2.19. The summed E-state index contributed by atoms with van der Waals surface area (Å²) in [6, 6.07) is 8.05. The average Bonchev–Trinajstić information content (AvgIpc) is 2.47. The smallest absolute Gasteiger partial charge is 0.0484 e. The summed E-state index contributed by atoms with van der Waals surface area (Å²) < 4.78 is 2.18. The second-order valence-corrected chi connectivity index (χ2v) is 3.72. The normalized spacial score (nSPS) is 10.6. The molecule has 0 aliphatic carbocycles. The third-order valence-corrected chi connectivity index (χ3v) is 2.24. The molecule has 72 valence electrons. The van der Waals surface area contributed by atoms with Gasteiger partial charge in [-0.05, 0) is 31.2 Å². The van der Waals surface area contributed by atoms with E-state index in [4.69, 9.17) is 5.73 Å². The van der Waals surface area contributed by atoms with Crippen LogP contribution in [0.25, 0.3) is 10.9 Å². The first-order chi connectivity index (χ1) is 6.66. The molecule has 2 heteroatoms. The lowest BCUT2D eigenvalue weighted by atomic mass is 10.2. The molecule has 0 unspecified atom stereocenters. The van der Waals surface area contributed by atoms with Crippen molar-refractivity contribution < 1.29 is 0 Å². The van der Waals surface area contributed by atoms with Gasteiger partial charge in [0.15, 0.2) is 0 Å². The zero-order valence-corrected chi connectivity index (χ0v) is 8.33. The standard InChI is InChI=1S/C12H14N2/c1-9(2)8-14-6-5-10-7-11(13)3-4-12(10)14/h3-7H,1,8,13H2,2H3. The quantitative estimate of drug-likeness (QED) is 0.567. The Kier molecular flexibility index (Phi) is 2.04. The van der Waals surface area contributed by atoms with E-state index in [9.17, 15) is 0 Å². The fourth-order valence-corrected chi connectivity index (χ4v) is 1.65. The molecule has 1 aromatic heterocycles. The maximum Gasteiger partial charge on any atom is 0.0484 e. The van der Waals surface area contributed by atoms with Crippen LogP contribution >= 0.6 is 0 Å². The molecule has 0 saturated carbocycles. The summed E-state index contributed by atoms with van der Waals surface area (Å²) in [4.78, 5) is 0. The molecule has 0 aliphatic heterocycles. The zero-order valence-electron chi connectivity index (χ0n) is 8.33. The van der Waals surface area contributed by atoms with Crippen LogP contribution in [0.4, 0.5) is 5.69 Å². The Morgan fingerprint density at radius 2 is 2.21 bits per heavy atom. The van der Waals surface area contributed by atoms with Crippen LogP contribution in [0.15, 0.2) is 42.6 Å². The number of hydrogen-bond donors (Lipinski definition) is 1. The van der Waals surface area contributed by atoms with Crippen molar-refractivity contribution in [1.29, 1.82) is 0 Å². The van der Waals surface area contributed by atoms with Crippen LogP contribution in [0.3, 0.4) is 0 Å². The number of fused-ring (bicyclic) bond motifs is 1. The number of nitrogen functional groups attached to an aromatic ring is 1. The fourth-order valence-electron chi connectivity index (χ4n) is 1.65. The first-order valence-corrected chi connectivity index (χ1v) is 4.65. The molecule has 0 fully saturated rings. The van der Waals surface area contributed by atoms with Crippen molar-refractivity contribution >= 4 is 16.6 Å². The van der Waals surface area contributed by atoms with Gasteiger partial charge < -0.3 is 10.3 Å². The lowest BCUT2D eigenvalue weighted by molar-refractivity contribution is 0.822. The van der Waals surface area contributed by atoms with Gasteiger partial charge in [-0.25, -0.2) is 0 Å². The molecular formula is C12H14N2. The lowest BCUT2D eigenvalue weighted by Crippen LogP contribution is -1.96. The Bertz CT molecular complexity index is 480. The molecule has 0 atom stereocenters. The molecule has 2 N–H and O–H groups in total. The summed E-state index contributed by atoms with van der Waals surface area (Å²) in [6.07, 6.45) is 2.07. The van der Waals surface area contributed by atoms with Crippen LogP contribution in [-0.2, 0) is 6.54 Å². The first-order valence-electron chi connectivity index (χ1n) is 4.65. The minimum Gasteiger partial charge on any atom is -0.399 e. The molecule has 2 nitrogen and oxygen atoms in total. The molecule has 2 rings (SSSR count). The highest BCUT2D eigenvalue weighted by Gasteiger charge is 2.00. The minimum absolute atomic E-state index is 0.811. The zero-order chi connectivity index (χ0) is 10.1. The largest absolute Gasteiger partial charge is 0.399 e. The van der Waals surface area contributed by atoms with E-state index < -0.39 is 0 Å². The van der Waals surface area contributed by atoms with Crippen LogP contribution in [0.1, 0.15) is 6.92 Å². The van der Waals surface area contributed by atoms with Crippen molar-refractivity contribution in [1.82, 2.24) is 4.57 Å². The topological polar surface area (TPSA) is 30.9 Å². The van der Waals surface area contributed by atoms with Crippen molar-refractivity contribution in [2.24, 2.45) is 0 Å². The molecule has 0 amide bonds. The number of rotatable bonds is 2. The number of anilines is 1. The summed E-state index contributed by atoms with van der Waals surface area (Å²) in [7, 11) is 0. The van der Waals surface area contributed by atoms with Gasteiger partial charge in [0.2, 0.25) is 0 Å². The van der Waals surface area contributed by atoms with E-state index >= 15 is 0 Å². The third-order valence-electron chi connectivity index (χ3n) is 2.24. The average molecular weight is 186 g/mol. The van der Waals surface area contributed by atoms with Crippen LogP contribution < -0.4 is 5.73 Å². The van der Waals surface area contributed by atoms with Gasteiger partial charge in [0, 0.05) is 29.3 Å². The predicted octanol–water partition coefficient (Wildman–Crippen LogP) is 2.80. The van der Waals surface area contributed by atoms with Crippen LogP contribution in [0.5, 0.6) is 0 Å². The summed E-state index contributed by atoms with van der Waals surface area (Å²) >= 11 is 0. The number of hydrogen-bond acceptors (Lipinski definition) is 1. The Morgan fingerprint density at radius 1 is 1.43 bits per heavy atom. The highest BCUT2D eigenvalue weighted by atomic mass is 14.9. The second kappa shape index (κ2) is 3.22. The maximum absolute atomic E-state index is 5.71. The SMILES string of the molecule is C=C(C)Cn1ccc2cc(N)ccc21. The van der Waals surface area contributed by atoms with Gasteiger partial charge in [0.1, 0.15) is 0 Å². The van der Waals surface area contributed by atoms with Gasteiger partial charge in [-0.3, -0.25) is 0 Å². The Labute approximate surface area is 83.6 Å². The molecule has 1 aromatic carbocycles. The van der Waals surface area contributed by atoms with E-state index in [1.54, 1.807) is 0 Å². The number of nitrogens with zero attached hydrogens (tertiary/aromatic N) is 1. The van der Waals surface area contributed by atoms with Gasteiger partial charge in [-0.2, -0.15) is 0 Å². The molecule has 0 aliphatic rings. The number of allylic oxidation sites excluding steroid dienone is 1.